The van der Waals surface area contributed by atoms with E-state index in [0.29, 0.717) is 0 Å². The van der Waals surface area contributed by atoms with Crippen molar-refractivity contribution in [1.29, 1.82) is 0 Å². The first kappa shape index (κ1) is 11.7. The van der Waals surface area contributed by atoms with Crippen molar-refractivity contribution in [3.8, 4) is 5.75 Å². The molecule has 1 rings (SSSR count). The molecule has 4 heteroatoms. The van der Waals surface area contributed by atoms with Gasteiger partial charge in [0.1, 0.15) is 11.4 Å². The lowest BCUT2D eigenvalue weighted by molar-refractivity contribution is 0.0665. The summed E-state index contributed by atoms with van der Waals surface area (Å²) in [5.74, 6) is -0.462. The predicted molar refractivity (Wildman–Crippen MR) is 52.6 cm³/mol. The van der Waals surface area contributed by atoms with E-state index in [-0.39, 0.29) is 5.75 Å². The van der Waals surface area contributed by atoms with Gasteiger partial charge in [-0.05, 0) is 26.0 Å². The van der Waals surface area contributed by atoms with E-state index >= 15 is 0 Å². The van der Waals surface area contributed by atoms with E-state index in [2.05, 4.69) is 0 Å². The highest BCUT2D eigenvalue weighted by molar-refractivity contribution is 5.25. The SMILES string of the molecule is CC(C)(O)C(Oc1ccccc1)=C(F)F. The zero-order valence-corrected chi connectivity index (χ0v) is 8.50. The second kappa shape index (κ2) is 4.40. The highest BCUT2D eigenvalue weighted by Gasteiger charge is 2.27. The first-order valence-corrected chi connectivity index (χ1v) is 4.42. The van der Waals surface area contributed by atoms with Gasteiger partial charge in [-0.25, -0.2) is 0 Å². The van der Waals surface area contributed by atoms with Crippen molar-refractivity contribution in [3.63, 3.8) is 0 Å². The van der Waals surface area contributed by atoms with E-state index in [4.69, 9.17) is 4.74 Å². The Morgan fingerprint density at radius 1 is 1.20 bits per heavy atom. The monoisotopic (exact) mass is 214 g/mol. The molecule has 0 aliphatic rings. The molecule has 0 bridgehead atoms. The molecule has 82 valence electrons. The molecule has 0 radical (unpaired) electrons. The number of rotatable bonds is 3. The molecule has 0 fully saturated rings. The Kier molecular flexibility index (Phi) is 3.42. The minimum absolute atomic E-state index is 0.266. The molecular weight excluding hydrogens is 202 g/mol. The van der Waals surface area contributed by atoms with Crippen molar-refractivity contribution in [2.75, 3.05) is 0 Å². The van der Waals surface area contributed by atoms with E-state index in [1.54, 1.807) is 18.2 Å². The van der Waals surface area contributed by atoms with Crippen LogP contribution in [-0.2, 0) is 0 Å². The molecule has 0 atom stereocenters. The van der Waals surface area contributed by atoms with Crippen LogP contribution < -0.4 is 4.74 Å². The maximum absolute atomic E-state index is 12.5. The van der Waals surface area contributed by atoms with Gasteiger partial charge in [-0.1, -0.05) is 18.2 Å². The molecule has 0 unspecified atom stereocenters. The van der Waals surface area contributed by atoms with Crippen molar-refractivity contribution >= 4 is 0 Å². The van der Waals surface area contributed by atoms with Crippen molar-refractivity contribution < 1.29 is 18.6 Å². The Balaban J connectivity index is 2.93. The second-order valence-corrected chi connectivity index (χ2v) is 3.56. The van der Waals surface area contributed by atoms with Gasteiger partial charge < -0.3 is 9.84 Å². The third kappa shape index (κ3) is 3.32. The number of benzene rings is 1. The average Bonchev–Trinajstić information content (AvgIpc) is 2.13. The fourth-order valence-corrected chi connectivity index (χ4v) is 1.00. The first-order valence-electron chi connectivity index (χ1n) is 4.42. The summed E-state index contributed by atoms with van der Waals surface area (Å²) in [6.45, 7) is 2.48. The highest BCUT2D eigenvalue weighted by Crippen LogP contribution is 2.25. The van der Waals surface area contributed by atoms with E-state index in [1.165, 1.54) is 26.0 Å². The maximum atomic E-state index is 12.5. The molecule has 1 N–H and O–H groups in total. The van der Waals surface area contributed by atoms with Crippen LogP contribution >= 0.6 is 0 Å². The zero-order chi connectivity index (χ0) is 11.5. The van der Waals surface area contributed by atoms with Crippen molar-refractivity contribution in [2.24, 2.45) is 0 Å². The van der Waals surface area contributed by atoms with Crippen molar-refractivity contribution in [3.05, 3.63) is 42.2 Å². The highest BCUT2D eigenvalue weighted by atomic mass is 19.3. The molecule has 0 spiro atoms. The van der Waals surface area contributed by atoms with Gasteiger partial charge in [-0.15, -0.1) is 0 Å². The van der Waals surface area contributed by atoms with Gasteiger partial charge in [0.2, 0.25) is 0 Å². The fourth-order valence-electron chi connectivity index (χ4n) is 1.00. The molecule has 0 amide bonds. The first-order chi connectivity index (χ1) is 6.91. The molecule has 0 aliphatic heterocycles. The van der Waals surface area contributed by atoms with E-state index in [9.17, 15) is 13.9 Å². The number of hydrogen-bond donors (Lipinski definition) is 1. The van der Waals surface area contributed by atoms with Crippen molar-refractivity contribution in [2.45, 2.75) is 19.4 Å². The van der Waals surface area contributed by atoms with E-state index in [1.807, 2.05) is 0 Å². The van der Waals surface area contributed by atoms with Crippen LogP contribution in [0.2, 0.25) is 0 Å². The molecule has 0 saturated heterocycles. The Labute approximate surface area is 86.8 Å². The molecule has 0 saturated carbocycles. The van der Waals surface area contributed by atoms with E-state index < -0.39 is 17.4 Å². The topological polar surface area (TPSA) is 29.5 Å². The summed E-state index contributed by atoms with van der Waals surface area (Å²) in [7, 11) is 0. The number of para-hydroxylation sites is 1. The summed E-state index contributed by atoms with van der Waals surface area (Å²) in [6, 6.07) is 8.14. The summed E-state index contributed by atoms with van der Waals surface area (Å²) in [5, 5.41) is 9.45. The minimum Gasteiger partial charge on any atom is -0.453 e. The Morgan fingerprint density at radius 2 is 1.73 bits per heavy atom. The molecule has 0 heterocycles. The summed E-state index contributed by atoms with van der Waals surface area (Å²) >= 11 is 0. The minimum atomic E-state index is -2.02. The molecule has 2 nitrogen and oxygen atoms in total. The normalized spacial score (nSPS) is 11.0. The largest absolute Gasteiger partial charge is 0.453 e. The van der Waals surface area contributed by atoms with Gasteiger partial charge in [-0.3, -0.25) is 0 Å². The summed E-state index contributed by atoms with van der Waals surface area (Å²) in [4.78, 5) is 0. The quantitative estimate of drug-likeness (QED) is 0.784. The average molecular weight is 214 g/mol. The molecule has 0 aliphatic carbocycles. The summed E-state index contributed by atoms with van der Waals surface area (Å²) in [6.07, 6.45) is -2.02. The van der Waals surface area contributed by atoms with Crippen LogP contribution in [-0.4, -0.2) is 10.7 Å². The van der Waals surface area contributed by atoms with Gasteiger partial charge in [-0.2, -0.15) is 8.78 Å². The number of halogens is 2. The number of ether oxygens (including phenoxy) is 1. The third-order valence-electron chi connectivity index (χ3n) is 1.69. The van der Waals surface area contributed by atoms with Gasteiger partial charge >= 0.3 is 6.08 Å². The van der Waals surface area contributed by atoms with Gasteiger partial charge in [0.25, 0.3) is 0 Å². The molecule has 15 heavy (non-hydrogen) atoms. The molecule has 0 aromatic heterocycles. The number of aliphatic hydroxyl groups is 1. The second-order valence-electron chi connectivity index (χ2n) is 3.56. The van der Waals surface area contributed by atoms with Crippen LogP contribution in [0, 0.1) is 0 Å². The lowest BCUT2D eigenvalue weighted by Crippen LogP contribution is -2.26. The van der Waals surface area contributed by atoms with Crippen LogP contribution in [0.25, 0.3) is 0 Å². The lowest BCUT2D eigenvalue weighted by atomic mass is 10.1. The molecule has 1 aromatic rings. The standard InChI is InChI=1S/C11H12F2O2/c1-11(2,14)9(10(12)13)15-8-6-4-3-5-7-8/h3-7,14H,1-2H3. The van der Waals surface area contributed by atoms with Crippen LogP contribution in [0.4, 0.5) is 8.78 Å². The van der Waals surface area contributed by atoms with Gasteiger partial charge in [0.15, 0.2) is 5.76 Å². The van der Waals surface area contributed by atoms with Crippen LogP contribution in [0.15, 0.2) is 42.2 Å². The van der Waals surface area contributed by atoms with Crippen molar-refractivity contribution in [1.82, 2.24) is 0 Å². The van der Waals surface area contributed by atoms with Crippen LogP contribution in [0.5, 0.6) is 5.75 Å². The fraction of sp³-hybridized carbons (Fsp3) is 0.273. The van der Waals surface area contributed by atoms with Crippen LogP contribution in [0.3, 0.4) is 0 Å². The van der Waals surface area contributed by atoms with Crippen LogP contribution in [0.1, 0.15) is 13.8 Å². The Bertz CT molecular complexity index is 349. The smallest absolute Gasteiger partial charge is 0.311 e. The zero-order valence-electron chi connectivity index (χ0n) is 8.50. The predicted octanol–water partition coefficient (Wildman–Crippen LogP) is 2.94. The van der Waals surface area contributed by atoms with E-state index in [0.717, 1.165) is 0 Å². The lowest BCUT2D eigenvalue weighted by Gasteiger charge is -2.20. The molecule has 1 aromatic carbocycles. The third-order valence-corrected chi connectivity index (χ3v) is 1.69. The summed E-state index contributed by atoms with van der Waals surface area (Å²) in [5.41, 5.74) is -1.70. The van der Waals surface area contributed by atoms with Gasteiger partial charge in [0, 0.05) is 0 Å². The maximum Gasteiger partial charge on any atom is 0.311 e. The van der Waals surface area contributed by atoms with Gasteiger partial charge in [0.05, 0.1) is 0 Å². The Hall–Kier alpha value is -1.42. The summed E-state index contributed by atoms with van der Waals surface area (Å²) < 4.78 is 29.9. The Morgan fingerprint density at radius 3 is 2.13 bits per heavy atom. The molecular formula is C11H12F2O2. The number of hydrogen-bond acceptors (Lipinski definition) is 2.